The van der Waals surface area contributed by atoms with E-state index in [0.717, 1.165) is 42.4 Å². The highest BCUT2D eigenvalue weighted by Gasteiger charge is 2.51. The van der Waals surface area contributed by atoms with Crippen molar-refractivity contribution in [2.24, 2.45) is 11.8 Å². The Morgan fingerprint density at radius 2 is 1.91 bits per heavy atom. The van der Waals surface area contributed by atoms with Gasteiger partial charge in [-0.1, -0.05) is 41.4 Å². The summed E-state index contributed by atoms with van der Waals surface area (Å²) in [6, 6.07) is 18.5. The van der Waals surface area contributed by atoms with Crippen LogP contribution in [0, 0.1) is 35.9 Å². The van der Waals surface area contributed by atoms with E-state index in [1.54, 1.807) is 36.4 Å². The van der Waals surface area contributed by atoms with Gasteiger partial charge in [-0.05, 0) is 80.5 Å². The molecule has 0 radical (unpaired) electrons. The minimum atomic E-state index is -0.507. The number of esters is 1. The third-order valence-electron chi connectivity index (χ3n) is 11.8. The Labute approximate surface area is 321 Å². The Kier molecular flexibility index (Phi) is 8.80. The Hall–Kier alpha value is -4.69. The molecule has 2 aromatic heterocycles. The van der Waals surface area contributed by atoms with E-state index in [0.29, 0.717) is 69.4 Å². The molecule has 0 spiro atoms. The normalized spacial score (nSPS) is 23.1. The summed E-state index contributed by atoms with van der Waals surface area (Å²) in [6.45, 7) is 3.18. The minimum absolute atomic E-state index is 0.00830. The second kappa shape index (κ2) is 13.6. The standard InChI is InChI=1S/C42H38Cl2FN5O4/c1-21-29-18-34(33-17-27(20-49(33)41(51)22-11-12-22)54-26-8-3-6-24(14-26)42(52)53-2)50(39-25-16-32(39)47-19-25)40(29)30-15-23(7-5-13-46)35(37(45)38(30)48-21)28-9-4-10-31(43)36(28)44/h3-4,6,8-10,14-15,18,22,25,27,32-33,39,47H,5,7,11-12,16-17,19-20H2,1-2H3. The van der Waals surface area contributed by atoms with Crippen LogP contribution in [0.5, 0.6) is 5.75 Å². The van der Waals surface area contributed by atoms with E-state index in [1.807, 2.05) is 24.0 Å². The molecule has 9 nitrogen and oxygen atoms in total. The summed E-state index contributed by atoms with van der Waals surface area (Å²) in [7, 11) is 1.34. The molecule has 5 aliphatic rings. The van der Waals surface area contributed by atoms with Gasteiger partial charge in [0.25, 0.3) is 0 Å². The number of likely N-dealkylation sites (tertiary alicyclic amines) is 1. The van der Waals surface area contributed by atoms with Gasteiger partial charge >= 0.3 is 5.97 Å². The van der Waals surface area contributed by atoms with Crippen LogP contribution in [0.4, 0.5) is 4.39 Å². The molecule has 12 heteroatoms. The first-order valence-corrected chi connectivity index (χ1v) is 19.3. The van der Waals surface area contributed by atoms with Gasteiger partial charge in [0, 0.05) is 64.6 Å². The van der Waals surface area contributed by atoms with Crippen molar-refractivity contribution in [3.05, 3.63) is 93.0 Å². The number of nitrogens with zero attached hydrogens (tertiary/aromatic N) is 4. The van der Waals surface area contributed by atoms with E-state index in [9.17, 15) is 14.9 Å². The molecule has 2 aliphatic carbocycles. The number of ether oxygens (including phenoxy) is 2. The maximum atomic E-state index is 17.2. The smallest absolute Gasteiger partial charge is 0.337 e. The lowest BCUT2D eigenvalue weighted by molar-refractivity contribution is -0.133. The highest BCUT2D eigenvalue weighted by atomic mass is 35.5. The number of nitriles is 1. The van der Waals surface area contributed by atoms with E-state index < -0.39 is 11.8 Å². The first kappa shape index (κ1) is 35.0. The van der Waals surface area contributed by atoms with Crippen LogP contribution >= 0.6 is 23.2 Å². The molecule has 5 heterocycles. The molecule has 10 rings (SSSR count). The van der Waals surface area contributed by atoms with Gasteiger partial charge in [-0.2, -0.15) is 5.26 Å². The van der Waals surface area contributed by atoms with E-state index in [-0.39, 0.29) is 53.0 Å². The monoisotopic (exact) mass is 765 g/mol. The van der Waals surface area contributed by atoms with Gasteiger partial charge in [0.15, 0.2) is 5.82 Å². The number of pyridine rings is 1. The number of carbonyl (C=O) groups excluding carboxylic acids is 2. The SMILES string of the molecule is COC(=O)c1cccc(OC2CC(c3cc4c(C)nc5c(F)c(-c6cccc(Cl)c6Cl)c(CCC#N)cc5c4n3C3C4CNC3C4)N(C(=O)C3CC3)C2)c1. The molecule has 3 aromatic carbocycles. The largest absolute Gasteiger partial charge is 0.488 e. The molecule has 2 bridgehead atoms. The summed E-state index contributed by atoms with van der Waals surface area (Å²) in [5.74, 6) is 0.0653. The number of aromatic nitrogens is 2. The van der Waals surface area contributed by atoms with Crippen molar-refractivity contribution in [1.29, 1.82) is 5.26 Å². The summed E-state index contributed by atoms with van der Waals surface area (Å²) in [4.78, 5) is 33.2. The number of benzene rings is 3. The molecular weight excluding hydrogens is 728 g/mol. The topological polar surface area (TPSA) is 109 Å². The van der Waals surface area contributed by atoms with Crippen LogP contribution in [-0.2, 0) is 16.0 Å². The number of methoxy groups -OCH3 is 1. The lowest BCUT2D eigenvalue weighted by Crippen LogP contribution is -2.41. The first-order valence-electron chi connectivity index (χ1n) is 18.5. The fourth-order valence-electron chi connectivity index (χ4n) is 9.08. The molecule has 5 atom stereocenters. The summed E-state index contributed by atoms with van der Waals surface area (Å²) in [6.07, 6.45) is 3.48. The fourth-order valence-corrected chi connectivity index (χ4v) is 9.47. The Balaban J connectivity index is 1.23. The van der Waals surface area contributed by atoms with Crippen LogP contribution in [0.2, 0.25) is 10.0 Å². The molecule has 276 valence electrons. The molecule has 5 fully saturated rings. The lowest BCUT2D eigenvalue weighted by Gasteiger charge is -2.39. The molecule has 5 aromatic rings. The molecule has 54 heavy (non-hydrogen) atoms. The van der Waals surface area contributed by atoms with Gasteiger partial charge < -0.3 is 24.3 Å². The number of hydrogen-bond acceptors (Lipinski definition) is 7. The number of fused-ring (bicyclic) bond motifs is 4. The van der Waals surface area contributed by atoms with Crippen LogP contribution in [0.15, 0.2) is 54.6 Å². The van der Waals surface area contributed by atoms with E-state index in [2.05, 4.69) is 22.0 Å². The second-order valence-electron chi connectivity index (χ2n) is 15.1. The van der Waals surface area contributed by atoms with Crippen molar-refractivity contribution in [3.8, 4) is 22.9 Å². The van der Waals surface area contributed by atoms with Gasteiger partial charge in [-0.25, -0.2) is 14.2 Å². The lowest BCUT2D eigenvalue weighted by atomic mass is 9.79. The molecule has 1 N–H and O–H groups in total. The third kappa shape index (κ3) is 5.71. The Bertz CT molecular complexity index is 2410. The zero-order valence-corrected chi connectivity index (χ0v) is 31.4. The van der Waals surface area contributed by atoms with E-state index in [1.165, 1.54) is 7.11 Å². The van der Waals surface area contributed by atoms with Crippen molar-refractivity contribution in [1.82, 2.24) is 19.8 Å². The van der Waals surface area contributed by atoms with Crippen molar-refractivity contribution in [2.45, 2.75) is 69.7 Å². The molecule has 1 amide bonds. The van der Waals surface area contributed by atoms with Gasteiger partial charge in [0.2, 0.25) is 5.91 Å². The quantitative estimate of drug-likeness (QED) is 0.150. The summed E-state index contributed by atoms with van der Waals surface area (Å²) >= 11 is 13.1. The average molecular weight is 767 g/mol. The van der Waals surface area contributed by atoms with Gasteiger partial charge in [0.05, 0.1) is 52.9 Å². The maximum absolute atomic E-state index is 17.2. The van der Waals surface area contributed by atoms with Gasteiger partial charge in [0.1, 0.15) is 17.4 Å². The van der Waals surface area contributed by atoms with Gasteiger partial charge in [-0.3, -0.25) is 4.79 Å². The van der Waals surface area contributed by atoms with E-state index in [4.69, 9.17) is 37.7 Å². The number of carbonyl (C=O) groups is 2. The Morgan fingerprint density at radius 1 is 1.09 bits per heavy atom. The summed E-state index contributed by atoms with van der Waals surface area (Å²) in [5.41, 5.74) is 4.55. The number of aryl methyl sites for hydroxylation is 2. The third-order valence-corrected chi connectivity index (χ3v) is 12.6. The summed E-state index contributed by atoms with van der Waals surface area (Å²) < 4.78 is 31.0. The molecule has 2 saturated carbocycles. The van der Waals surface area contributed by atoms with Crippen LogP contribution in [0.25, 0.3) is 32.9 Å². The van der Waals surface area contributed by atoms with Crippen LogP contribution in [0.1, 0.15) is 71.5 Å². The molecule has 5 unspecified atom stereocenters. The summed E-state index contributed by atoms with van der Waals surface area (Å²) in [5, 5.41) is 15.4. The molecular formula is C42H38Cl2FN5O4. The van der Waals surface area contributed by atoms with Crippen LogP contribution < -0.4 is 10.1 Å². The Morgan fingerprint density at radius 3 is 2.63 bits per heavy atom. The number of nitrogens with one attached hydrogen (secondary N) is 1. The predicted octanol–water partition coefficient (Wildman–Crippen LogP) is 8.52. The van der Waals surface area contributed by atoms with Crippen molar-refractivity contribution < 1.29 is 23.5 Å². The minimum Gasteiger partial charge on any atom is -0.488 e. The molecule has 3 aliphatic heterocycles. The number of halogens is 3. The number of rotatable bonds is 9. The maximum Gasteiger partial charge on any atom is 0.337 e. The van der Waals surface area contributed by atoms with E-state index >= 15 is 4.39 Å². The van der Waals surface area contributed by atoms with Crippen molar-refractivity contribution in [2.75, 3.05) is 20.2 Å². The highest BCUT2D eigenvalue weighted by molar-refractivity contribution is 6.43. The number of hydrogen-bond donors (Lipinski definition) is 1. The van der Waals surface area contributed by atoms with Crippen LogP contribution in [0.3, 0.4) is 0 Å². The van der Waals surface area contributed by atoms with Gasteiger partial charge in [-0.15, -0.1) is 0 Å². The zero-order valence-electron chi connectivity index (χ0n) is 29.9. The average Bonchev–Trinajstić information content (AvgIpc) is 3.45. The molecule has 3 saturated heterocycles. The fraction of sp³-hybridized carbons (Fsp3) is 0.381. The highest BCUT2D eigenvalue weighted by Crippen LogP contribution is 2.51. The number of amides is 1. The second-order valence-corrected chi connectivity index (χ2v) is 15.8. The predicted molar refractivity (Wildman–Crippen MR) is 204 cm³/mol. The van der Waals surface area contributed by atoms with Crippen molar-refractivity contribution in [3.63, 3.8) is 0 Å². The van der Waals surface area contributed by atoms with Crippen LogP contribution in [-0.4, -0.2) is 58.7 Å². The van der Waals surface area contributed by atoms with Crippen molar-refractivity contribution >= 4 is 56.9 Å². The zero-order chi connectivity index (χ0) is 37.4. The first-order chi connectivity index (χ1) is 26.2.